The van der Waals surface area contributed by atoms with Crippen molar-refractivity contribution in [1.82, 2.24) is 0 Å². The highest BCUT2D eigenvalue weighted by Gasteiger charge is 2.26. The van der Waals surface area contributed by atoms with Gasteiger partial charge in [0.1, 0.15) is 5.75 Å². The maximum Gasteiger partial charge on any atom is 0.373 e. The topological polar surface area (TPSA) is 55.8 Å². The lowest BCUT2D eigenvalue weighted by molar-refractivity contribution is -0.177. The van der Waals surface area contributed by atoms with Crippen LogP contribution in [-0.4, -0.2) is 17.4 Å². The molecule has 1 aromatic carbocycles. The van der Waals surface area contributed by atoms with E-state index in [-0.39, 0.29) is 6.61 Å². The normalized spacial score (nSPS) is 19.6. The molecule has 1 atom stereocenters. The van der Waals surface area contributed by atoms with E-state index in [1.165, 1.54) is 0 Å². The molecule has 0 aliphatic carbocycles. The number of benzene rings is 1. The van der Waals surface area contributed by atoms with E-state index < -0.39 is 12.3 Å². The van der Waals surface area contributed by atoms with E-state index in [0.717, 1.165) is 10.0 Å². The Hall–Kier alpha value is -1.07. The third kappa shape index (κ3) is 1.73. The van der Waals surface area contributed by atoms with Crippen LogP contribution in [0.15, 0.2) is 22.7 Å². The minimum Gasteiger partial charge on any atom is -0.477 e. The van der Waals surface area contributed by atoms with Gasteiger partial charge in [-0.2, -0.15) is 0 Å². The zero-order valence-electron chi connectivity index (χ0n) is 7.07. The first kappa shape index (κ1) is 9.48. The van der Waals surface area contributed by atoms with E-state index in [0.29, 0.717) is 5.75 Å². The Bertz CT molecular complexity index is 377. The highest BCUT2D eigenvalue weighted by Crippen LogP contribution is 2.28. The van der Waals surface area contributed by atoms with Crippen molar-refractivity contribution in [2.24, 2.45) is 0 Å². The average molecular weight is 259 g/mol. The molecular formula is C9H7BrO4. The molecule has 1 unspecified atom stereocenters. The third-order valence-corrected chi connectivity index (χ3v) is 2.34. The molecule has 0 spiro atoms. The summed E-state index contributed by atoms with van der Waals surface area (Å²) in [5.74, 6) is -0.551. The van der Waals surface area contributed by atoms with Crippen LogP contribution in [-0.2, 0) is 16.1 Å². The van der Waals surface area contributed by atoms with Gasteiger partial charge >= 0.3 is 5.97 Å². The van der Waals surface area contributed by atoms with Crippen molar-refractivity contribution in [3.63, 3.8) is 0 Å². The van der Waals surface area contributed by atoms with Crippen molar-refractivity contribution < 1.29 is 19.4 Å². The van der Waals surface area contributed by atoms with Crippen LogP contribution in [0, 0.1) is 0 Å². The van der Waals surface area contributed by atoms with Crippen LogP contribution in [0.4, 0.5) is 0 Å². The average Bonchev–Trinajstić information content (AvgIpc) is 2.16. The number of ether oxygens (including phenoxy) is 2. The molecule has 1 aliphatic heterocycles. The van der Waals surface area contributed by atoms with Gasteiger partial charge in [-0.25, -0.2) is 4.79 Å². The van der Waals surface area contributed by atoms with Crippen LogP contribution in [0.1, 0.15) is 5.56 Å². The Morgan fingerprint density at radius 1 is 1.57 bits per heavy atom. The molecule has 0 aromatic heterocycles. The largest absolute Gasteiger partial charge is 0.477 e. The van der Waals surface area contributed by atoms with Crippen molar-refractivity contribution in [2.75, 3.05) is 0 Å². The summed E-state index contributed by atoms with van der Waals surface area (Å²) < 4.78 is 11.0. The summed E-state index contributed by atoms with van der Waals surface area (Å²) in [4.78, 5) is 10.6. The molecule has 0 saturated heterocycles. The summed E-state index contributed by atoms with van der Waals surface area (Å²) in [5, 5.41) is 8.66. The minimum absolute atomic E-state index is 0.256. The molecule has 1 heterocycles. The first-order valence-corrected chi connectivity index (χ1v) is 4.75. The number of carboxylic acids is 1. The molecule has 0 saturated carbocycles. The lowest BCUT2D eigenvalue weighted by atomic mass is 10.2. The highest BCUT2D eigenvalue weighted by molar-refractivity contribution is 9.10. The molecule has 2 rings (SSSR count). The van der Waals surface area contributed by atoms with Gasteiger partial charge in [0, 0.05) is 10.0 Å². The smallest absolute Gasteiger partial charge is 0.373 e. The molecule has 74 valence electrons. The molecule has 0 bridgehead atoms. The van der Waals surface area contributed by atoms with E-state index >= 15 is 0 Å². The van der Waals surface area contributed by atoms with E-state index in [9.17, 15) is 4.79 Å². The minimum atomic E-state index is -1.19. The third-order valence-electron chi connectivity index (χ3n) is 1.85. The molecule has 0 radical (unpaired) electrons. The highest BCUT2D eigenvalue weighted by atomic mass is 79.9. The van der Waals surface area contributed by atoms with Gasteiger partial charge in [0.05, 0.1) is 6.61 Å². The van der Waals surface area contributed by atoms with Crippen molar-refractivity contribution in [3.8, 4) is 5.75 Å². The lowest BCUT2D eigenvalue weighted by Crippen LogP contribution is -2.33. The van der Waals surface area contributed by atoms with E-state index in [1.807, 2.05) is 6.07 Å². The molecule has 1 N–H and O–H groups in total. The van der Waals surface area contributed by atoms with Gasteiger partial charge in [-0.05, 0) is 18.2 Å². The summed E-state index contributed by atoms with van der Waals surface area (Å²) in [5.41, 5.74) is 0.844. The Labute approximate surface area is 88.6 Å². The Balaban J connectivity index is 2.27. The summed E-state index contributed by atoms with van der Waals surface area (Å²) in [6, 6.07) is 5.36. The molecular weight excluding hydrogens is 252 g/mol. The van der Waals surface area contributed by atoms with Crippen LogP contribution < -0.4 is 4.74 Å². The van der Waals surface area contributed by atoms with Crippen molar-refractivity contribution >= 4 is 21.9 Å². The van der Waals surface area contributed by atoms with Gasteiger partial charge in [-0.3, -0.25) is 0 Å². The van der Waals surface area contributed by atoms with Gasteiger partial charge in [-0.15, -0.1) is 0 Å². The first-order valence-electron chi connectivity index (χ1n) is 3.96. The second kappa shape index (κ2) is 3.59. The van der Waals surface area contributed by atoms with E-state index in [2.05, 4.69) is 15.9 Å². The summed E-state index contributed by atoms with van der Waals surface area (Å²) in [6.07, 6.45) is -1.19. The van der Waals surface area contributed by atoms with Gasteiger partial charge in [0.15, 0.2) is 0 Å². The van der Waals surface area contributed by atoms with Gasteiger partial charge in [0.25, 0.3) is 6.29 Å². The number of aliphatic carboxylic acids is 1. The standard InChI is InChI=1S/C9H7BrO4/c10-6-1-2-7-5(3-6)4-13-9(14-7)8(11)12/h1-3,9H,4H2,(H,11,12). The van der Waals surface area contributed by atoms with Crippen LogP contribution in [0.5, 0.6) is 5.75 Å². The van der Waals surface area contributed by atoms with Gasteiger partial charge in [-0.1, -0.05) is 15.9 Å². The van der Waals surface area contributed by atoms with E-state index in [1.54, 1.807) is 12.1 Å². The zero-order chi connectivity index (χ0) is 10.1. The Kier molecular flexibility index (Phi) is 2.43. The van der Waals surface area contributed by atoms with Gasteiger partial charge < -0.3 is 14.6 Å². The summed E-state index contributed by atoms with van der Waals surface area (Å²) >= 11 is 3.31. The Morgan fingerprint density at radius 3 is 3.07 bits per heavy atom. The first-order chi connectivity index (χ1) is 6.66. The van der Waals surface area contributed by atoms with Crippen LogP contribution >= 0.6 is 15.9 Å². The second-order valence-corrected chi connectivity index (χ2v) is 3.77. The van der Waals surface area contributed by atoms with E-state index in [4.69, 9.17) is 14.6 Å². The van der Waals surface area contributed by atoms with Crippen LogP contribution in [0.3, 0.4) is 0 Å². The maximum absolute atomic E-state index is 10.6. The fraction of sp³-hybridized carbons (Fsp3) is 0.222. The molecule has 0 amide bonds. The van der Waals surface area contributed by atoms with Crippen LogP contribution in [0.25, 0.3) is 0 Å². The maximum atomic E-state index is 10.6. The number of hydrogen-bond donors (Lipinski definition) is 1. The molecule has 1 aromatic rings. The fourth-order valence-corrected chi connectivity index (χ4v) is 1.62. The predicted molar refractivity (Wildman–Crippen MR) is 51.0 cm³/mol. The molecule has 0 fully saturated rings. The summed E-state index contributed by atoms with van der Waals surface area (Å²) in [7, 11) is 0. The number of carbonyl (C=O) groups is 1. The second-order valence-electron chi connectivity index (χ2n) is 2.85. The van der Waals surface area contributed by atoms with Crippen molar-refractivity contribution in [3.05, 3.63) is 28.2 Å². The number of halogens is 1. The molecule has 4 nitrogen and oxygen atoms in total. The molecule has 5 heteroatoms. The number of carboxylic acid groups (broad SMARTS) is 1. The van der Waals surface area contributed by atoms with Crippen molar-refractivity contribution in [1.29, 1.82) is 0 Å². The molecule has 1 aliphatic rings. The molecule has 14 heavy (non-hydrogen) atoms. The fourth-order valence-electron chi connectivity index (χ4n) is 1.21. The predicted octanol–water partition coefficient (Wildman–Crippen LogP) is 1.77. The Morgan fingerprint density at radius 2 is 2.36 bits per heavy atom. The van der Waals surface area contributed by atoms with Crippen molar-refractivity contribution in [2.45, 2.75) is 12.9 Å². The number of fused-ring (bicyclic) bond motifs is 1. The quantitative estimate of drug-likeness (QED) is 0.835. The lowest BCUT2D eigenvalue weighted by Gasteiger charge is -2.23. The summed E-state index contributed by atoms with van der Waals surface area (Å²) in [6.45, 7) is 0.256. The monoisotopic (exact) mass is 258 g/mol. The zero-order valence-corrected chi connectivity index (χ0v) is 8.65. The van der Waals surface area contributed by atoms with Gasteiger partial charge in [0.2, 0.25) is 0 Å². The number of hydrogen-bond acceptors (Lipinski definition) is 3. The number of rotatable bonds is 1. The van der Waals surface area contributed by atoms with Crippen LogP contribution in [0.2, 0.25) is 0 Å². The SMILES string of the molecule is O=C(O)C1OCc2cc(Br)ccc2O1.